The van der Waals surface area contributed by atoms with Crippen LogP contribution in [-0.4, -0.2) is 84.5 Å². The fourth-order valence-electron chi connectivity index (χ4n) is 2.04. The van der Waals surface area contributed by atoms with E-state index in [2.05, 4.69) is 5.43 Å². The molecular weight excluding hydrogens is 423 g/mol. The topological polar surface area (TPSA) is 126 Å². The highest BCUT2D eigenvalue weighted by molar-refractivity contribution is 5.81. The van der Waals surface area contributed by atoms with Gasteiger partial charge in [-0.2, -0.15) is 13.2 Å². The Morgan fingerprint density at radius 2 is 1.23 bits per heavy atom. The molecule has 0 atom stereocenters. The lowest BCUT2D eigenvalue weighted by atomic mass is 10.2. The molecule has 4 N–H and O–H groups in total. The summed E-state index contributed by atoms with van der Waals surface area (Å²) in [6, 6.07) is 0. The maximum absolute atomic E-state index is 12.5. The molecule has 0 aliphatic heterocycles. The molecule has 0 aromatic carbocycles. The molecule has 0 spiro atoms. The van der Waals surface area contributed by atoms with Gasteiger partial charge in [0.15, 0.2) is 0 Å². The highest BCUT2D eigenvalue weighted by Crippen LogP contribution is 2.14. The average molecular weight is 457 g/mol. The zero-order valence-corrected chi connectivity index (χ0v) is 18.9. The van der Waals surface area contributed by atoms with Crippen molar-refractivity contribution >= 4 is 18.1 Å². The summed E-state index contributed by atoms with van der Waals surface area (Å²) >= 11 is 0. The highest BCUT2D eigenvalue weighted by atomic mass is 19.4. The van der Waals surface area contributed by atoms with Crippen LogP contribution in [0.4, 0.5) is 22.8 Å². The zero-order valence-electron chi connectivity index (χ0n) is 18.9. The van der Waals surface area contributed by atoms with E-state index in [0.29, 0.717) is 0 Å². The Labute approximate surface area is 180 Å². The maximum Gasteiger partial charge on any atom is 0.472 e. The van der Waals surface area contributed by atoms with Crippen molar-refractivity contribution in [2.75, 3.05) is 39.3 Å². The molecule has 0 aliphatic carbocycles. The van der Waals surface area contributed by atoms with Crippen molar-refractivity contribution in [3.8, 4) is 0 Å². The summed E-state index contributed by atoms with van der Waals surface area (Å²) in [4.78, 5) is 38.2. The van der Waals surface area contributed by atoms with Crippen molar-refractivity contribution in [3.05, 3.63) is 0 Å². The quantitative estimate of drug-likeness (QED) is 0.355. The lowest BCUT2D eigenvalue weighted by Gasteiger charge is -2.31. The van der Waals surface area contributed by atoms with Gasteiger partial charge < -0.3 is 25.0 Å². The monoisotopic (exact) mass is 457 g/mol. The molecule has 0 saturated carbocycles. The Bertz CT molecular complexity index is 603. The van der Waals surface area contributed by atoms with Gasteiger partial charge in [-0.3, -0.25) is 10.2 Å². The molecule has 0 bridgehead atoms. The number of hydrazine groups is 1. The van der Waals surface area contributed by atoms with Crippen molar-refractivity contribution in [2.24, 2.45) is 5.73 Å². The van der Waals surface area contributed by atoms with E-state index in [9.17, 15) is 27.6 Å². The summed E-state index contributed by atoms with van der Waals surface area (Å²) in [5.41, 5.74) is 7.62. The Hall–Kier alpha value is -2.28. The smallest absolute Gasteiger partial charge is 0.444 e. The number of halogens is 3. The van der Waals surface area contributed by atoms with Gasteiger partial charge in [0.2, 0.25) is 0 Å². The molecule has 0 aliphatic rings. The van der Waals surface area contributed by atoms with E-state index in [-0.39, 0.29) is 39.3 Å². The fourth-order valence-corrected chi connectivity index (χ4v) is 2.04. The normalized spacial score (nSPS) is 12.2. The molecule has 0 aromatic rings. The van der Waals surface area contributed by atoms with Gasteiger partial charge in [-0.15, -0.1) is 0 Å². The molecule has 0 rings (SSSR count). The van der Waals surface area contributed by atoms with Gasteiger partial charge in [-0.05, 0) is 41.5 Å². The number of rotatable bonds is 9. The largest absolute Gasteiger partial charge is 0.472 e. The van der Waals surface area contributed by atoms with E-state index in [1.165, 1.54) is 15.2 Å². The Morgan fingerprint density at radius 3 is 1.58 bits per heavy atom. The summed E-state index contributed by atoms with van der Waals surface area (Å²) in [6.45, 7) is 10.2. The molecule has 0 saturated heterocycles. The number of amides is 3. The molecule has 182 valence electrons. The second-order valence-corrected chi connectivity index (χ2v) is 8.60. The minimum absolute atomic E-state index is 0.00303. The summed E-state index contributed by atoms with van der Waals surface area (Å²) in [6.07, 6.45) is -6.38. The van der Waals surface area contributed by atoms with Gasteiger partial charge in [0.05, 0.1) is 0 Å². The zero-order chi connectivity index (χ0) is 24.5. The minimum atomic E-state index is -5.03. The fraction of sp³-hybridized carbons (Fsp3) is 0.833. The van der Waals surface area contributed by atoms with Crippen molar-refractivity contribution in [3.63, 3.8) is 0 Å². The van der Waals surface area contributed by atoms with Crippen molar-refractivity contribution in [1.82, 2.24) is 20.7 Å². The van der Waals surface area contributed by atoms with Gasteiger partial charge in [0.1, 0.15) is 11.2 Å². The minimum Gasteiger partial charge on any atom is -0.444 e. The second kappa shape index (κ2) is 11.9. The lowest BCUT2D eigenvalue weighted by molar-refractivity contribution is -0.174. The van der Waals surface area contributed by atoms with Crippen molar-refractivity contribution in [2.45, 2.75) is 58.9 Å². The third-order valence-corrected chi connectivity index (χ3v) is 3.31. The second-order valence-electron chi connectivity index (χ2n) is 8.60. The molecule has 13 heteroatoms. The van der Waals surface area contributed by atoms with Crippen LogP contribution in [0.3, 0.4) is 0 Å². The van der Waals surface area contributed by atoms with Gasteiger partial charge in [-0.25, -0.2) is 15.0 Å². The molecular formula is C18H34F3N5O5. The predicted octanol–water partition coefficient (Wildman–Crippen LogP) is 1.60. The summed E-state index contributed by atoms with van der Waals surface area (Å²) in [5, 5.41) is 0. The molecule has 0 aromatic heterocycles. The number of carbonyl (C=O) groups excluding carboxylic acids is 3. The lowest BCUT2D eigenvalue weighted by Crippen LogP contribution is -2.50. The number of alkyl halides is 3. The van der Waals surface area contributed by atoms with Crippen LogP contribution in [0, 0.1) is 0 Å². The average Bonchev–Trinajstić information content (AvgIpc) is 2.55. The number of carbonyl (C=O) groups is 3. The Kier molecular flexibility index (Phi) is 11.1. The first-order chi connectivity index (χ1) is 14.0. The number of hydrogen-bond acceptors (Lipinski definition) is 7. The number of nitrogens with zero attached hydrogens (tertiary/aromatic N) is 2. The molecule has 31 heavy (non-hydrogen) atoms. The van der Waals surface area contributed by atoms with E-state index in [4.69, 9.17) is 15.2 Å². The third kappa shape index (κ3) is 13.6. The summed E-state index contributed by atoms with van der Waals surface area (Å²) in [5.74, 6) is -2.16. The number of ether oxygens (including phenoxy) is 2. The van der Waals surface area contributed by atoms with E-state index in [1.807, 2.05) is 0 Å². The number of hydrogen-bond donors (Lipinski definition) is 3. The molecule has 3 amide bonds. The Morgan fingerprint density at radius 1 is 0.806 bits per heavy atom. The van der Waals surface area contributed by atoms with Crippen LogP contribution >= 0.6 is 0 Å². The van der Waals surface area contributed by atoms with Crippen LogP contribution in [-0.2, 0) is 14.3 Å². The van der Waals surface area contributed by atoms with Crippen molar-refractivity contribution in [1.29, 1.82) is 0 Å². The predicted molar refractivity (Wildman–Crippen MR) is 107 cm³/mol. The number of nitrogens with two attached hydrogens (primary N) is 1. The first-order valence-electron chi connectivity index (χ1n) is 9.72. The molecule has 0 radical (unpaired) electrons. The van der Waals surface area contributed by atoms with Crippen LogP contribution in [0.15, 0.2) is 0 Å². The standard InChI is InChI=1S/C18H34F3N5O5/c1-16(2,3)30-14(28)25(9-7-22)11-12-26(15(29)31-17(4,5)6)10-8-23-24-13(27)18(19,20)21/h23H,7-12,22H2,1-6H3,(H,24,27). The van der Waals surface area contributed by atoms with Gasteiger partial charge in [0.25, 0.3) is 0 Å². The van der Waals surface area contributed by atoms with E-state index in [0.717, 1.165) is 0 Å². The van der Waals surface area contributed by atoms with Crippen molar-refractivity contribution < 1.29 is 37.0 Å². The van der Waals surface area contributed by atoms with Crippen LogP contribution in [0.1, 0.15) is 41.5 Å². The molecule has 0 fully saturated rings. The van der Waals surface area contributed by atoms with Crippen LogP contribution in [0.2, 0.25) is 0 Å². The van der Waals surface area contributed by atoms with E-state index in [1.54, 1.807) is 41.5 Å². The molecule has 0 heterocycles. The number of nitrogens with one attached hydrogen (secondary N) is 2. The van der Waals surface area contributed by atoms with Crippen LogP contribution < -0.4 is 16.6 Å². The van der Waals surface area contributed by atoms with E-state index < -0.39 is 35.5 Å². The van der Waals surface area contributed by atoms with E-state index >= 15 is 0 Å². The maximum atomic E-state index is 12.5. The first-order valence-corrected chi connectivity index (χ1v) is 9.72. The summed E-state index contributed by atoms with van der Waals surface area (Å²) in [7, 11) is 0. The van der Waals surface area contributed by atoms with Gasteiger partial charge in [-0.1, -0.05) is 0 Å². The Balaban J connectivity index is 5.04. The SMILES string of the molecule is CC(C)(C)OC(=O)N(CCN)CCN(CCNNC(=O)C(F)(F)F)C(=O)OC(C)(C)C. The molecule has 10 nitrogen and oxygen atoms in total. The highest BCUT2D eigenvalue weighted by Gasteiger charge is 2.38. The molecule has 0 unspecified atom stereocenters. The van der Waals surface area contributed by atoms with Gasteiger partial charge in [0, 0.05) is 39.3 Å². The third-order valence-electron chi connectivity index (χ3n) is 3.31. The van der Waals surface area contributed by atoms with Crippen LogP contribution in [0.5, 0.6) is 0 Å². The first kappa shape index (κ1) is 28.7. The van der Waals surface area contributed by atoms with Crippen LogP contribution in [0.25, 0.3) is 0 Å². The summed E-state index contributed by atoms with van der Waals surface area (Å²) < 4.78 is 47.3. The van der Waals surface area contributed by atoms with Gasteiger partial charge >= 0.3 is 24.3 Å².